The van der Waals surface area contributed by atoms with Gasteiger partial charge in [-0.3, -0.25) is 14.5 Å². The van der Waals surface area contributed by atoms with E-state index in [1.807, 2.05) is 0 Å². The van der Waals surface area contributed by atoms with Crippen LogP contribution in [0.1, 0.15) is 48.7 Å². The molecule has 0 spiro atoms. The predicted octanol–water partition coefficient (Wildman–Crippen LogP) is 2.74. The van der Waals surface area contributed by atoms with Gasteiger partial charge in [-0.05, 0) is 43.6 Å². The summed E-state index contributed by atoms with van der Waals surface area (Å²) in [4.78, 5) is 26.7. The Balaban J connectivity index is 2.02. The Morgan fingerprint density at radius 1 is 1.17 bits per heavy atom. The summed E-state index contributed by atoms with van der Waals surface area (Å²) in [5.74, 6) is -1.38. The number of esters is 1. The second kappa shape index (κ2) is 9.67. The van der Waals surface area contributed by atoms with Crippen LogP contribution in [0.2, 0.25) is 0 Å². The van der Waals surface area contributed by atoms with Crippen molar-refractivity contribution in [1.82, 2.24) is 4.90 Å². The summed E-state index contributed by atoms with van der Waals surface area (Å²) in [5, 5.41) is 20.6. The molecule has 8 heteroatoms. The third-order valence-electron chi connectivity index (χ3n) is 5.35. The van der Waals surface area contributed by atoms with E-state index in [4.69, 9.17) is 13.9 Å². The second-order valence-corrected chi connectivity index (χ2v) is 7.39. The van der Waals surface area contributed by atoms with Gasteiger partial charge in [-0.25, -0.2) is 0 Å². The molecule has 1 fully saturated rings. The first-order valence-electron chi connectivity index (χ1n) is 9.95. The van der Waals surface area contributed by atoms with Gasteiger partial charge >= 0.3 is 5.97 Å². The quantitative estimate of drug-likeness (QED) is 0.662. The predicted molar refractivity (Wildman–Crippen MR) is 109 cm³/mol. The highest BCUT2D eigenvalue weighted by atomic mass is 16.5. The molecular weight excluding hydrogens is 390 g/mol. The van der Waals surface area contributed by atoms with Crippen LogP contribution in [0.5, 0.6) is 17.2 Å². The van der Waals surface area contributed by atoms with Gasteiger partial charge in [-0.1, -0.05) is 12.5 Å². The smallest absolute Gasteiger partial charge is 0.306 e. The van der Waals surface area contributed by atoms with E-state index in [0.29, 0.717) is 17.9 Å². The molecule has 0 bridgehead atoms. The lowest BCUT2D eigenvalue weighted by atomic mass is 9.92. The first kappa shape index (κ1) is 21.7. The Kier molecular flexibility index (Phi) is 6.99. The van der Waals surface area contributed by atoms with Gasteiger partial charge < -0.3 is 24.1 Å². The van der Waals surface area contributed by atoms with Crippen molar-refractivity contribution in [3.63, 3.8) is 0 Å². The molecular formula is C22H27NO7. The molecule has 2 heterocycles. The number of carbonyl (C=O) groups excluding carboxylic acids is 1. The fourth-order valence-corrected chi connectivity index (χ4v) is 3.74. The van der Waals surface area contributed by atoms with Crippen LogP contribution >= 0.6 is 0 Å². The highest BCUT2D eigenvalue weighted by Gasteiger charge is 2.27. The molecule has 2 aromatic rings. The van der Waals surface area contributed by atoms with E-state index in [0.717, 1.165) is 25.9 Å². The fraction of sp³-hybridized carbons (Fsp3) is 0.455. The molecule has 2 N–H and O–H groups in total. The van der Waals surface area contributed by atoms with Gasteiger partial charge in [0, 0.05) is 6.07 Å². The molecule has 3 rings (SSSR count). The van der Waals surface area contributed by atoms with Gasteiger partial charge in [0.1, 0.15) is 5.76 Å². The molecule has 0 saturated carbocycles. The minimum Gasteiger partial charge on any atom is -0.504 e. The van der Waals surface area contributed by atoms with Crippen LogP contribution in [0, 0.1) is 0 Å². The van der Waals surface area contributed by atoms with E-state index in [-0.39, 0.29) is 23.7 Å². The summed E-state index contributed by atoms with van der Waals surface area (Å²) < 4.78 is 15.8. The van der Waals surface area contributed by atoms with E-state index < -0.39 is 23.1 Å². The lowest BCUT2D eigenvalue weighted by Crippen LogP contribution is -2.29. The molecule has 1 atom stereocenters. The molecule has 8 nitrogen and oxygen atoms in total. The summed E-state index contributed by atoms with van der Waals surface area (Å²) >= 11 is 0. The van der Waals surface area contributed by atoms with Crippen molar-refractivity contribution in [2.45, 2.75) is 38.1 Å². The maximum Gasteiger partial charge on any atom is 0.306 e. The first-order valence-corrected chi connectivity index (χ1v) is 9.95. The summed E-state index contributed by atoms with van der Waals surface area (Å²) in [7, 11) is 2.68. The number of likely N-dealkylation sites (tertiary alicyclic amines) is 1. The molecule has 30 heavy (non-hydrogen) atoms. The molecule has 0 aliphatic carbocycles. The Labute approximate surface area is 174 Å². The summed E-state index contributed by atoms with van der Waals surface area (Å²) in [6.45, 7) is 2.27. The van der Waals surface area contributed by atoms with Crippen molar-refractivity contribution < 1.29 is 28.9 Å². The Hall–Kier alpha value is -3.00. The number of hydrogen-bond donors (Lipinski definition) is 2. The van der Waals surface area contributed by atoms with Gasteiger partial charge in [0.15, 0.2) is 17.3 Å². The number of nitrogens with zero attached hydrogens (tertiary/aromatic N) is 1. The highest BCUT2D eigenvalue weighted by molar-refractivity contribution is 5.71. The average Bonchev–Trinajstić information content (AvgIpc) is 2.75. The van der Waals surface area contributed by atoms with Gasteiger partial charge in [0.25, 0.3) is 0 Å². The van der Waals surface area contributed by atoms with Crippen molar-refractivity contribution in [2.24, 2.45) is 0 Å². The van der Waals surface area contributed by atoms with Crippen LogP contribution in [-0.4, -0.2) is 48.4 Å². The number of phenolic OH excluding ortho intramolecular Hbond substituents is 1. The number of rotatable bonds is 7. The SMILES string of the molecule is COC(=O)CC(c1ccc(OC)c(O)c1)c1oc(CN2CCCCC2)cc(=O)c1O. The Bertz CT molecular complexity index is 947. The van der Waals surface area contributed by atoms with E-state index in [1.165, 1.54) is 32.8 Å². The van der Waals surface area contributed by atoms with Crippen molar-refractivity contribution in [3.8, 4) is 17.2 Å². The number of carbonyl (C=O) groups is 1. The lowest BCUT2D eigenvalue weighted by Gasteiger charge is -2.26. The summed E-state index contributed by atoms with van der Waals surface area (Å²) in [6, 6.07) is 5.89. The van der Waals surface area contributed by atoms with E-state index in [1.54, 1.807) is 12.1 Å². The van der Waals surface area contributed by atoms with Crippen LogP contribution in [0.15, 0.2) is 33.5 Å². The van der Waals surface area contributed by atoms with Crippen molar-refractivity contribution in [2.75, 3.05) is 27.3 Å². The topological polar surface area (TPSA) is 109 Å². The first-order chi connectivity index (χ1) is 14.4. The van der Waals surface area contributed by atoms with Gasteiger partial charge in [0.2, 0.25) is 11.2 Å². The third kappa shape index (κ3) is 4.94. The van der Waals surface area contributed by atoms with E-state index in [2.05, 4.69) is 4.90 Å². The van der Waals surface area contributed by atoms with Crippen LogP contribution < -0.4 is 10.2 Å². The van der Waals surface area contributed by atoms with Gasteiger partial charge in [-0.2, -0.15) is 0 Å². The van der Waals surface area contributed by atoms with Crippen LogP contribution in [0.3, 0.4) is 0 Å². The summed E-state index contributed by atoms with van der Waals surface area (Å²) in [6.07, 6.45) is 3.19. The zero-order valence-electron chi connectivity index (χ0n) is 17.2. The van der Waals surface area contributed by atoms with Crippen molar-refractivity contribution >= 4 is 5.97 Å². The van der Waals surface area contributed by atoms with Crippen LogP contribution in [0.4, 0.5) is 0 Å². The molecule has 162 valence electrons. The fourth-order valence-electron chi connectivity index (χ4n) is 3.74. The Morgan fingerprint density at radius 2 is 1.90 bits per heavy atom. The van der Waals surface area contributed by atoms with Crippen molar-refractivity contribution in [3.05, 3.63) is 51.6 Å². The average molecular weight is 417 g/mol. The largest absolute Gasteiger partial charge is 0.504 e. The lowest BCUT2D eigenvalue weighted by molar-refractivity contribution is -0.140. The number of benzene rings is 1. The standard InChI is InChI=1S/C22H27NO7/c1-28-19-7-6-14(10-17(19)24)16(12-20(26)29-2)22-21(27)18(25)11-15(30-22)13-23-8-4-3-5-9-23/h6-7,10-11,16,24,27H,3-5,8-9,12-13H2,1-2H3. The van der Waals surface area contributed by atoms with Crippen LogP contribution in [-0.2, 0) is 16.1 Å². The number of aromatic hydroxyl groups is 2. The number of ether oxygens (including phenoxy) is 2. The minimum atomic E-state index is -0.816. The zero-order chi connectivity index (χ0) is 21.7. The van der Waals surface area contributed by atoms with Crippen LogP contribution in [0.25, 0.3) is 0 Å². The molecule has 1 aliphatic heterocycles. The molecule has 1 aliphatic rings. The normalized spacial score (nSPS) is 15.5. The second-order valence-electron chi connectivity index (χ2n) is 7.39. The number of hydrogen-bond acceptors (Lipinski definition) is 8. The number of piperidine rings is 1. The number of phenols is 1. The zero-order valence-corrected chi connectivity index (χ0v) is 17.2. The maximum absolute atomic E-state index is 12.4. The molecule has 1 aromatic heterocycles. The molecule has 1 unspecified atom stereocenters. The van der Waals surface area contributed by atoms with Gasteiger partial charge in [-0.15, -0.1) is 0 Å². The third-order valence-corrected chi connectivity index (χ3v) is 5.35. The summed E-state index contributed by atoms with van der Waals surface area (Å²) in [5.41, 5.74) is -0.0943. The highest BCUT2D eigenvalue weighted by Crippen LogP contribution is 2.37. The Morgan fingerprint density at radius 3 is 2.53 bits per heavy atom. The number of methoxy groups -OCH3 is 2. The van der Waals surface area contributed by atoms with Gasteiger partial charge in [0.05, 0.1) is 33.1 Å². The molecule has 0 radical (unpaired) electrons. The molecule has 1 aromatic carbocycles. The molecule has 0 amide bonds. The molecule has 1 saturated heterocycles. The van der Waals surface area contributed by atoms with E-state index >= 15 is 0 Å². The van der Waals surface area contributed by atoms with E-state index in [9.17, 15) is 19.8 Å². The minimum absolute atomic E-state index is 0.0236. The maximum atomic E-state index is 12.4. The monoisotopic (exact) mass is 417 g/mol. The van der Waals surface area contributed by atoms with Crippen molar-refractivity contribution in [1.29, 1.82) is 0 Å².